The molecule has 1 heterocycles. The highest BCUT2D eigenvalue weighted by Crippen LogP contribution is 2.27. The van der Waals surface area contributed by atoms with E-state index in [1.165, 1.54) is 0 Å². The van der Waals surface area contributed by atoms with E-state index in [0.29, 0.717) is 6.61 Å². The third kappa shape index (κ3) is 3.18. The average Bonchev–Trinajstić information content (AvgIpc) is 2.83. The molecular weight excluding hydrogens is 262 g/mol. The van der Waals surface area contributed by atoms with E-state index in [9.17, 15) is 0 Å². The molecule has 2 rings (SSSR count). The Bertz CT molecular complexity index is 551. The van der Waals surface area contributed by atoms with Crippen molar-refractivity contribution in [1.29, 1.82) is 0 Å². The SMILES string of the molecule is CNC(c1ccc(Cl)c(C)c1)c1ccc(COC)o1. The molecule has 4 heteroatoms. The fourth-order valence-electron chi connectivity index (χ4n) is 2.09. The van der Waals surface area contributed by atoms with Gasteiger partial charge in [0.15, 0.2) is 0 Å². The Morgan fingerprint density at radius 1 is 1.32 bits per heavy atom. The zero-order valence-corrected chi connectivity index (χ0v) is 12.1. The molecule has 0 aliphatic rings. The molecule has 0 aliphatic carbocycles. The molecule has 0 amide bonds. The smallest absolute Gasteiger partial charge is 0.129 e. The largest absolute Gasteiger partial charge is 0.462 e. The summed E-state index contributed by atoms with van der Waals surface area (Å²) < 4.78 is 10.8. The van der Waals surface area contributed by atoms with Crippen molar-refractivity contribution in [1.82, 2.24) is 5.32 Å². The molecule has 1 atom stereocenters. The topological polar surface area (TPSA) is 34.4 Å². The standard InChI is InChI=1S/C15H18ClNO2/c1-10-8-11(4-6-13(10)16)15(17-2)14-7-5-12(19-14)9-18-3/h4-8,15,17H,9H2,1-3H3. The van der Waals surface area contributed by atoms with E-state index in [-0.39, 0.29) is 6.04 Å². The van der Waals surface area contributed by atoms with E-state index in [2.05, 4.69) is 11.4 Å². The summed E-state index contributed by atoms with van der Waals surface area (Å²) in [7, 11) is 3.56. The number of benzene rings is 1. The molecule has 0 saturated heterocycles. The van der Waals surface area contributed by atoms with Crippen molar-refractivity contribution in [3.63, 3.8) is 0 Å². The number of furan rings is 1. The number of rotatable bonds is 5. The fourth-order valence-corrected chi connectivity index (χ4v) is 2.21. The van der Waals surface area contributed by atoms with Crippen LogP contribution in [0.5, 0.6) is 0 Å². The molecule has 0 fully saturated rings. The number of methoxy groups -OCH3 is 1. The number of nitrogens with one attached hydrogen (secondary N) is 1. The minimum Gasteiger partial charge on any atom is -0.462 e. The van der Waals surface area contributed by atoms with Crippen LogP contribution in [0.1, 0.15) is 28.7 Å². The second-order valence-corrected chi connectivity index (χ2v) is 4.87. The Balaban J connectivity index is 2.29. The summed E-state index contributed by atoms with van der Waals surface area (Å²) in [6, 6.07) is 9.92. The number of aryl methyl sites for hydroxylation is 1. The molecule has 0 spiro atoms. The van der Waals surface area contributed by atoms with Crippen molar-refractivity contribution in [2.75, 3.05) is 14.2 Å². The third-order valence-corrected chi connectivity index (χ3v) is 3.48. The molecule has 1 unspecified atom stereocenters. The second kappa shape index (κ2) is 6.24. The lowest BCUT2D eigenvalue weighted by Gasteiger charge is -2.15. The van der Waals surface area contributed by atoms with E-state index in [1.807, 2.05) is 38.2 Å². The van der Waals surface area contributed by atoms with Gasteiger partial charge in [0, 0.05) is 12.1 Å². The van der Waals surface area contributed by atoms with Crippen LogP contribution >= 0.6 is 11.6 Å². The van der Waals surface area contributed by atoms with Crippen LogP contribution in [-0.2, 0) is 11.3 Å². The fraction of sp³-hybridized carbons (Fsp3) is 0.333. The van der Waals surface area contributed by atoms with Crippen LogP contribution in [-0.4, -0.2) is 14.2 Å². The zero-order chi connectivity index (χ0) is 13.8. The highest BCUT2D eigenvalue weighted by Gasteiger charge is 2.16. The first kappa shape index (κ1) is 14.1. The van der Waals surface area contributed by atoms with Gasteiger partial charge >= 0.3 is 0 Å². The molecule has 0 saturated carbocycles. The molecule has 3 nitrogen and oxygen atoms in total. The van der Waals surface area contributed by atoms with E-state index in [1.54, 1.807) is 7.11 Å². The van der Waals surface area contributed by atoms with Gasteiger partial charge < -0.3 is 14.5 Å². The van der Waals surface area contributed by atoms with E-state index in [0.717, 1.165) is 27.7 Å². The van der Waals surface area contributed by atoms with Gasteiger partial charge in [-0.2, -0.15) is 0 Å². The predicted molar refractivity (Wildman–Crippen MR) is 76.5 cm³/mol. The maximum atomic E-state index is 6.06. The normalized spacial score (nSPS) is 12.6. The van der Waals surface area contributed by atoms with Crippen LogP contribution < -0.4 is 5.32 Å². The van der Waals surface area contributed by atoms with Crippen molar-refractivity contribution in [2.24, 2.45) is 0 Å². The van der Waals surface area contributed by atoms with E-state index >= 15 is 0 Å². The Kier molecular flexibility index (Phi) is 4.64. The Labute approximate surface area is 118 Å². The minimum absolute atomic E-state index is 0.0153. The maximum Gasteiger partial charge on any atom is 0.129 e. The molecule has 0 bridgehead atoms. The first-order chi connectivity index (χ1) is 9.15. The first-order valence-electron chi connectivity index (χ1n) is 6.16. The Morgan fingerprint density at radius 3 is 2.74 bits per heavy atom. The summed E-state index contributed by atoms with van der Waals surface area (Å²) in [5, 5.41) is 4.04. The molecule has 102 valence electrons. The lowest BCUT2D eigenvalue weighted by molar-refractivity contribution is 0.162. The van der Waals surface area contributed by atoms with Crippen LogP contribution in [0.2, 0.25) is 5.02 Å². The Morgan fingerprint density at radius 2 is 2.11 bits per heavy atom. The summed E-state index contributed by atoms with van der Waals surface area (Å²) >= 11 is 6.06. The summed E-state index contributed by atoms with van der Waals surface area (Å²) in [6.45, 7) is 2.48. The maximum absolute atomic E-state index is 6.06. The van der Waals surface area contributed by atoms with Crippen molar-refractivity contribution in [2.45, 2.75) is 19.6 Å². The highest BCUT2D eigenvalue weighted by atomic mass is 35.5. The number of hydrogen-bond donors (Lipinski definition) is 1. The lowest BCUT2D eigenvalue weighted by Crippen LogP contribution is -2.17. The first-order valence-corrected chi connectivity index (χ1v) is 6.54. The van der Waals surface area contributed by atoms with E-state index < -0.39 is 0 Å². The zero-order valence-electron chi connectivity index (χ0n) is 11.4. The van der Waals surface area contributed by atoms with Crippen molar-refractivity contribution in [3.05, 3.63) is 58.0 Å². The van der Waals surface area contributed by atoms with Gasteiger partial charge in [0.2, 0.25) is 0 Å². The van der Waals surface area contributed by atoms with Gasteiger partial charge in [-0.15, -0.1) is 0 Å². The molecule has 1 aromatic carbocycles. The van der Waals surface area contributed by atoms with Gasteiger partial charge in [-0.3, -0.25) is 0 Å². The third-order valence-electron chi connectivity index (χ3n) is 3.06. The second-order valence-electron chi connectivity index (χ2n) is 4.47. The van der Waals surface area contributed by atoms with Crippen molar-refractivity contribution >= 4 is 11.6 Å². The molecule has 2 aromatic rings. The summed E-state index contributed by atoms with van der Waals surface area (Å²) in [5.41, 5.74) is 2.19. The van der Waals surface area contributed by atoms with Crippen LogP contribution in [0, 0.1) is 6.92 Å². The molecule has 19 heavy (non-hydrogen) atoms. The predicted octanol–water partition coefficient (Wildman–Crippen LogP) is 3.70. The van der Waals surface area contributed by atoms with E-state index in [4.69, 9.17) is 20.8 Å². The summed E-state index contributed by atoms with van der Waals surface area (Å²) in [4.78, 5) is 0. The number of ether oxygens (including phenoxy) is 1. The number of hydrogen-bond acceptors (Lipinski definition) is 3. The summed E-state index contributed by atoms with van der Waals surface area (Å²) in [6.07, 6.45) is 0. The lowest BCUT2D eigenvalue weighted by atomic mass is 10.0. The molecule has 0 aliphatic heterocycles. The van der Waals surface area contributed by atoms with Gasteiger partial charge in [-0.05, 0) is 43.3 Å². The van der Waals surface area contributed by atoms with Crippen LogP contribution in [0.4, 0.5) is 0 Å². The van der Waals surface area contributed by atoms with Crippen LogP contribution in [0.25, 0.3) is 0 Å². The van der Waals surface area contributed by atoms with Crippen molar-refractivity contribution < 1.29 is 9.15 Å². The van der Waals surface area contributed by atoms with Gasteiger partial charge in [0.1, 0.15) is 18.1 Å². The minimum atomic E-state index is 0.0153. The number of halogens is 1. The van der Waals surface area contributed by atoms with Gasteiger partial charge in [-0.25, -0.2) is 0 Å². The molecule has 1 N–H and O–H groups in total. The highest BCUT2D eigenvalue weighted by molar-refractivity contribution is 6.31. The van der Waals surface area contributed by atoms with Gasteiger partial charge in [-0.1, -0.05) is 23.7 Å². The van der Waals surface area contributed by atoms with Crippen molar-refractivity contribution in [3.8, 4) is 0 Å². The molecule has 1 aromatic heterocycles. The van der Waals surface area contributed by atoms with Crippen LogP contribution in [0.15, 0.2) is 34.7 Å². The summed E-state index contributed by atoms with van der Waals surface area (Å²) in [5.74, 6) is 1.69. The monoisotopic (exact) mass is 279 g/mol. The molecular formula is C15H18ClNO2. The molecule has 0 radical (unpaired) electrons. The van der Waals surface area contributed by atoms with Crippen LogP contribution in [0.3, 0.4) is 0 Å². The average molecular weight is 280 g/mol. The Hall–Kier alpha value is -1.29. The van der Waals surface area contributed by atoms with Gasteiger partial charge in [0.05, 0.1) is 6.04 Å². The van der Waals surface area contributed by atoms with Gasteiger partial charge in [0.25, 0.3) is 0 Å². The quantitative estimate of drug-likeness (QED) is 0.906.